The van der Waals surface area contributed by atoms with Gasteiger partial charge >= 0.3 is 0 Å². The molecule has 5 nitrogen and oxygen atoms in total. The summed E-state index contributed by atoms with van der Waals surface area (Å²) in [5.74, 6) is 1.38. The van der Waals surface area contributed by atoms with E-state index in [1.807, 2.05) is 6.07 Å². The average Bonchev–Trinajstić information content (AvgIpc) is 2.77. The number of aromatic nitrogens is 1. The fraction of sp³-hybridized carbons (Fsp3) is 0.360. The lowest BCUT2D eigenvalue weighted by Gasteiger charge is -2.30. The molecule has 6 heteroatoms. The molecule has 0 bridgehead atoms. The molecule has 162 valence electrons. The van der Waals surface area contributed by atoms with E-state index < -0.39 is 0 Å². The lowest BCUT2D eigenvalue weighted by Crippen LogP contribution is -2.34. The predicted molar refractivity (Wildman–Crippen MR) is 129 cm³/mol. The number of halogens is 1. The first-order valence-electron chi connectivity index (χ1n) is 10.9. The number of hydrogen-bond donors (Lipinski definition) is 2. The second-order valence-electron chi connectivity index (χ2n) is 8.52. The third kappa shape index (κ3) is 5.28. The van der Waals surface area contributed by atoms with Crippen LogP contribution in [-0.4, -0.2) is 37.6 Å². The minimum atomic E-state index is -0.0562. The maximum absolute atomic E-state index is 12.3. The Balaban J connectivity index is 1.32. The number of carbonyl (C=O) groups is 1. The Morgan fingerprint density at radius 2 is 1.84 bits per heavy atom. The van der Waals surface area contributed by atoms with E-state index in [2.05, 4.69) is 53.9 Å². The van der Waals surface area contributed by atoms with E-state index in [4.69, 9.17) is 16.6 Å². The molecule has 0 radical (unpaired) electrons. The van der Waals surface area contributed by atoms with Crippen molar-refractivity contribution >= 4 is 39.9 Å². The van der Waals surface area contributed by atoms with Crippen molar-refractivity contribution in [2.75, 3.05) is 30.9 Å². The highest BCUT2D eigenvalue weighted by Gasteiger charge is 2.22. The molecule has 1 aliphatic rings. The van der Waals surface area contributed by atoms with Crippen molar-refractivity contribution in [3.8, 4) is 0 Å². The molecular weight excluding hydrogens is 408 g/mol. The van der Waals surface area contributed by atoms with Crippen LogP contribution in [0.25, 0.3) is 10.9 Å². The monoisotopic (exact) mass is 436 g/mol. The molecule has 1 aliphatic carbocycles. The van der Waals surface area contributed by atoms with Gasteiger partial charge in [0.1, 0.15) is 5.82 Å². The van der Waals surface area contributed by atoms with Crippen LogP contribution in [0.15, 0.2) is 54.6 Å². The van der Waals surface area contributed by atoms with E-state index in [1.165, 1.54) is 5.69 Å². The van der Waals surface area contributed by atoms with Crippen LogP contribution in [0.3, 0.4) is 0 Å². The van der Waals surface area contributed by atoms with E-state index in [1.54, 1.807) is 24.3 Å². The Bertz CT molecular complexity index is 1060. The number of nitrogens with one attached hydrogen (secondary N) is 2. The van der Waals surface area contributed by atoms with Crippen LogP contribution in [0.2, 0.25) is 5.02 Å². The summed E-state index contributed by atoms with van der Waals surface area (Å²) in [7, 11) is 4.13. The van der Waals surface area contributed by atoms with Crippen molar-refractivity contribution < 1.29 is 4.79 Å². The maximum atomic E-state index is 12.3. The largest absolute Gasteiger partial charge is 0.377 e. The number of amides is 1. The highest BCUT2D eigenvalue weighted by molar-refractivity contribution is 6.30. The number of nitrogens with zero attached hydrogens (tertiary/aromatic N) is 2. The zero-order valence-corrected chi connectivity index (χ0v) is 18.8. The molecule has 3 aromatic rings. The summed E-state index contributed by atoms with van der Waals surface area (Å²) in [5, 5.41) is 8.46. The molecule has 0 saturated heterocycles. The minimum absolute atomic E-state index is 0.0562. The van der Waals surface area contributed by atoms with E-state index >= 15 is 0 Å². The molecule has 1 fully saturated rings. The van der Waals surface area contributed by atoms with Crippen molar-refractivity contribution in [3.63, 3.8) is 0 Å². The third-order valence-corrected chi connectivity index (χ3v) is 6.25. The molecule has 0 spiro atoms. The van der Waals surface area contributed by atoms with Gasteiger partial charge in [-0.2, -0.15) is 0 Å². The van der Waals surface area contributed by atoms with Crippen molar-refractivity contribution in [3.05, 3.63) is 65.2 Å². The lowest BCUT2D eigenvalue weighted by atomic mass is 9.86. The van der Waals surface area contributed by atoms with Crippen molar-refractivity contribution in [1.82, 2.24) is 10.3 Å². The number of fused-ring (bicyclic) bond motifs is 1. The first-order chi connectivity index (χ1) is 15.0. The molecule has 1 amide bonds. The number of rotatable bonds is 6. The summed E-state index contributed by atoms with van der Waals surface area (Å²) < 4.78 is 0. The van der Waals surface area contributed by atoms with Crippen LogP contribution < -0.4 is 15.5 Å². The number of pyridine rings is 1. The zero-order chi connectivity index (χ0) is 21.8. The van der Waals surface area contributed by atoms with Crippen LogP contribution in [0, 0.1) is 5.92 Å². The van der Waals surface area contributed by atoms with Gasteiger partial charge in [-0.3, -0.25) is 4.79 Å². The summed E-state index contributed by atoms with van der Waals surface area (Å²) in [4.78, 5) is 19.3. The van der Waals surface area contributed by atoms with Crippen LogP contribution in [-0.2, 0) is 0 Å². The van der Waals surface area contributed by atoms with Crippen molar-refractivity contribution in [2.45, 2.75) is 31.7 Å². The third-order valence-electron chi connectivity index (χ3n) is 6.01. The van der Waals surface area contributed by atoms with Gasteiger partial charge in [-0.05, 0) is 55.9 Å². The zero-order valence-electron chi connectivity index (χ0n) is 18.1. The number of hydrogen-bond acceptors (Lipinski definition) is 4. The highest BCUT2D eigenvalue weighted by atomic mass is 35.5. The lowest BCUT2D eigenvalue weighted by molar-refractivity contribution is 0.0943. The fourth-order valence-electron chi connectivity index (χ4n) is 4.29. The molecule has 31 heavy (non-hydrogen) atoms. The number of anilines is 2. The van der Waals surface area contributed by atoms with Gasteiger partial charge in [0.15, 0.2) is 0 Å². The smallest absolute Gasteiger partial charge is 0.251 e. The summed E-state index contributed by atoms with van der Waals surface area (Å²) >= 11 is 5.98. The standard InChI is InChI=1S/C25H29ClN4O/c1-30(2)23-15-24(29-22-9-4-3-8-21(22)23)28-20-12-10-17(11-13-20)16-27-25(31)18-6-5-7-19(26)14-18/h3-9,14-15,17,20H,10-13,16H2,1-2H3,(H,27,31)(H,28,29). The van der Waals surface area contributed by atoms with Gasteiger partial charge in [-0.25, -0.2) is 4.98 Å². The Labute approximate surface area is 188 Å². The highest BCUT2D eigenvalue weighted by Crippen LogP contribution is 2.30. The summed E-state index contributed by atoms with van der Waals surface area (Å²) in [6.07, 6.45) is 4.32. The second-order valence-corrected chi connectivity index (χ2v) is 8.96. The topological polar surface area (TPSA) is 57.3 Å². The van der Waals surface area contributed by atoms with Crippen LogP contribution >= 0.6 is 11.6 Å². The fourth-order valence-corrected chi connectivity index (χ4v) is 4.48. The van der Waals surface area contributed by atoms with Gasteiger partial charge in [0.25, 0.3) is 5.91 Å². The molecule has 4 rings (SSSR count). The summed E-state index contributed by atoms with van der Waals surface area (Å²) in [6.45, 7) is 0.705. The van der Waals surface area contributed by atoms with Gasteiger partial charge < -0.3 is 15.5 Å². The van der Waals surface area contributed by atoms with Gasteiger partial charge in [0, 0.05) is 54.4 Å². The van der Waals surface area contributed by atoms with Crippen molar-refractivity contribution in [1.29, 1.82) is 0 Å². The molecule has 1 saturated carbocycles. The van der Waals surface area contributed by atoms with E-state index in [0.717, 1.165) is 42.4 Å². The molecule has 2 N–H and O–H groups in total. The van der Waals surface area contributed by atoms with E-state index in [-0.39, 0.29) is 5.91 Å². The summed E-state index contributed by atoms with van der Waals surface area (Å²) in [5.41, 5.74) is 2.79. The number of para-hydroxylation sites is 1. The second kappa shape index (κ2) is 9.56. The van der Waals surface area contributed by atoms with Gasteiger partial charge in [-0.15, -0.1) is 0 Å². The Hall–Kier alpha value is -2.79. The van der Waals surface area contributed by atoms with E-state index in [0.29, 0.717) is 29.1 Å². The van der Waals surface area contributed by atoms with Crippen LogP contribution in [0.4, 0.5) is 11.5 Å². The molecule has 1 aromatic heterocycles. The van der Waals surface area contributed by atoms with E-state index in [9.17, 15) is 4.79 Å². The Kier molecular flexibility index (Phi) is 6.62. The van der Waals surface area contributed by atoms with Crippen LogP contribution in [0.1, 0.15) is 36.0 Å². The maximum Gasteiger partial charge on any atom is 0.251 e. The summed E-state index contributed by atoms with van der Waals surface area (Å²) in [6, 6.07) is 17.9. The molecule has 0 aliphatic heterocycles. The Morgan fingerprint density at radius 1 is 1.06 bits per heavy atom. The normalized spacial score (nSPS) is 18.5. The van der Waals surface area contributed by atoms with Gasteiger partial charge in [0.2, 0.25) is 0 Å². The van der Waals surface area contributed by atoms with Crippen LogP contribution in [0.5, 0.6) is 0 Å². The van der Waals surface area contributed by atoms with Gasteiger partial charge in [0.05, 0.1) is 5.52 Å². The number of benzene rings is 2. The molecule has 2 aromatic carbocycles. The quantitative estimate of drug-likeness (QED) is 0.546. The Morgan fingerprint density at radius 3 is 2.58 bits per heavy atom. The predicted octanol–water partition coefficient (Wildman–Crippen LogP) is 5.35. The molecule has 0 unspecified atom stereocenters. The van der Waals surface area contributed by atoms with Gasteiger partial charge in [-0.1, -0.05) is 35.9 Å². The first-order valence-corrected chi connectivity index (χ1v) is 11.2. The minimum Gasteiger partial charge on any atom is -0.377 e. The molecule has 0 atom stereocenters. The average molecular weight is 437 g/mol. The molecular formula is C25H29ClN4O. The van der Waals surface area contributed by atoms with Crippen molar-refractivity contribution in [2.24, 2.45) is 5.92 Å². The number of carbonyl (C=O) groups excluding carboxylic acids is 1. The molecule has 1 heterocycles. The first kappa shape index (κ1) is 21.4. The SMILES string of the molecule is CN(C)c1cc(NC2CCC(CNC(=O)c3cccc(Cl)c3)CC2)nc2ccccc12.